The molecule has 3 aromatic rings. The van der Waals surface area contributed by atoms with Crippen LogP contribution in [0.25, 0.3) is 10.9 Å². The molecule has 0 amide bonds. The summed E-state index contributed by atoms with van der Waals surface area (Å²) >= 11 is 0. The monoisotopic (exact) mass is 428 g/mol. The highest BCUT2D eigenvalue weighted by atomic mass is 32.2. The van der Waals surface area contributed by atoms with E-state index in [0.717, 1.165) is 66.2 Å². The number of benzene rings is 2. The number of halogens is 1. The summed E-state index contributed by atoms with van der Waals surface area (Å²) in [6.07, 6.45) is 3.43. The minimum absolute atomic E-state index is 0.238. The third-order valence-corrected chi connectivity index (χ3v) is 7.25. The largest absolute Gasteiger partial charge is 0.355 e. The van der Waals surface area contributed by atoms with Crippen molar-refractivity contribution in [2.45, 2.75) is 44.6 Å². The van der Waals surface area contributed by atoms with Crippen molar-refractivity contribution < 1.29 is 8.60 Å². The molecule has 1 unspecified atom stereocenters. The minimum Gasteiger partial charge on any atom is -0.355 e. The van der Waals surface area contributed by atoms with E-state index in [2.05, 4.69) is 23.1 Å². The van der Waals surface area contributed by atoms with Gasteiger partial charge in [-0.05, 0) is 62.6 Å². The third-order valence-electron chi connectivity index (χ3n) is 5.76. The molecule has 2 heterocycles. The molecule has 0 N–H and O–H groups in total. The van der Waals surface area contributed by atoms with Gasteiger partial charge in [0.1, 0.15) is 16.8 Å². The molecule has 0 saturated carbocycles. The second-order valence-corrected chi connectivity index (χ2v) is 9.18. The minimum atomic E-state index is -1.15. The first kappa shape index (κ1) is 21.0. The number of nitrogens with zero attached hydrogens (tertiary/aromatic N) is 4. The average Bonchev–Trinajstić information content (AvgIpc) is 3.14. The van der Waals surface area contributed by atoms with Gasteiger partial charge in [-0.25, -0.2) is 12.9 Å². The Hall–Kier alpha value is -2.25. The average molecular weight is 429 g/mol. The van der Waals surface area contributed by atoms with Crippen LogP contribution in [0.5, 0.6) is 0 Å². The standard InChI is InChI=1S/C23H29FN4OS/c1-3-26(4-2)23-21-16-20(30(29)27-14-6-5-7-15-27)12-13-22(21)28(25-23)17-18-8-10-19(24)11-9-18/h8-13,16H,3-7,14-15,17H2,1-2H3. The first-order chi connectivity index (χ1) is 14.6. The van der Waals surface area contributed by atoms with Crippen molar-refractivity contribution in [3.05, 3.63) is 53.8 Å². The molecule has 1 aliphatic rings. The van der Waals surface area contributed by atoms with Crippen molar-refractivity contribution in [3.8, 4) is 0 Å². The molecule has 1 saturated heterocycles. The molecule has 0 bridgehead atoms. The molecule has 0 radical (unpaired) electrons. The molecule has 7 heteroatoms. The third kappa shape index (κ3) is 4.27. The molecule has 0 spiro atoms. The molecular formula is C23H29FN4OS. The van der Waals surface area contributed by atoms with Crippen LogP contribution < -0.4 is 4.90 Å². The van der Waals surface area contributed by atoms with Gasteiger partial charge in [0.25, 0.3) is 0 Å². The normalized spacial score (nSPS) is 16.1. The smallest absolute Gasteiger partial charge is 0.158 e. The van der Waals surface area contributed by atoms with Crippen LogP contribution in [0.4, 0.5) is 10.2 Å². The molecule has 4 rings (SSSR count). The lowest BCUT2D eigenvalue weighted by Gasteiger charge is -2.25. The summed E-state index contributed by atoms with van der Waals surface area (Å²) in [5.41, 5.74) is 1.99. The fraction of sp³-hybridized carbons (Fsp3) is 0.435. The van der Waals surface area contributed by atoms with Gasteiger partial charge >= 0.3 is 0 Å². The fourth-order valence-electron chi connectivity index (χ4n) is 4.07. The van der Waals surface area contributed by atoms with Crippen molar-refractivity contribution in [2.24, 2.45) is 0 Å². The first-order valence-electron chi connectivity index (χ1n) is 10.8. The van der Waals surface area contributed by atoms with Crippen LogP contribution in [-0.4, -0.2) is 44.5 Å². The first-order valence-corrected chi connectivity index (χ1v) is 11.9. The predicted octanol–water partition coefficient (Wildman–Crippen LogP) is 4.58. The number of hydrogen-bond acceptors (Lipinski definition) is 3. The molecule has 0 aliphatic carbocycles. The van der Waals surface area contributed by atoms with E-state index in [9.17, 15) is 8.60 Å². The van der Waals surface area contributed by atoms with Gasteiger partial charge in [0.2, 0.25) is 0 Å². The van der Waals surface area contributed by atoms with Crippen molar-refractivity contribution in [2.75, 3.05) is 31.1 Å². The van der Waals surface area contributed by atoms with Gasteiger partial charge in [-0.2, -0.15) is 5.10 Å². The van der Waals surface area contributed by atoms with E-state index in [1.54, 1.807) is 12.1 Å². The second-order valence-electron chi connectivity index (χ2n) is 7.70. The SMILES string of the molecule is CCN(CC)c1nn(Cc2ccc(F)cc2)c2ccc(S(=O)N3CCCCC3)cc12. The van der Waals surface area contributed by atoms with Crippen molar-refractivity contribution in [1.82, 2.24) is 14.1 Å². The molecule has 1 aliphatic heterocycles. The van der Waals surface area contributed by atoms with Crippen LogP contribution in [0.2, 0.25) is 0 Å². The zero-order chi connectivity index (χ0) is 21.1. The van der Waals surface area contributed by atoms with Gasteiger partial charge in [0.05, 0.1) is 17.0 Å². The Balaban J connectivity index is 1.74. The van der Waals surface area contributed by atoms with Crippen LogP contribution in [0.3, 0.4) is 0 Å². The van der Waals surface area contributed by atoms with Crippen LogP contribution in [-0.2, 0) is 17.5 Å². The molecule has 2 aromatic carbocycles. The molecule has 30 heavy (non-hydrogen) atoms. The zero-order valence-corrected chi connectivity index (χ0v) is 18.5. The highest BCUT2D eigenvalue weighted by molar-refractivity contribution is 7.82. The van der Waals surface area contributed by atoms with E-state index in [0.29, 0.717) is 6.54 Å². The van der Waals surface area contributed by atoms with E-state index in [4.69, 9.17) is 5.10 Å². The topological polar surface area (TPSA) is 41.4 Å². The van der Waals surface area contributed by atoms with Gasteiger partial charge < -0.3 is 4.90 Å². The molecule has 1 atom stereocenters. The van der Waals surface area contributed by atoms with Crippen LogP contribution in [0.15, 0.2) is 47.4 Å². The van der Waals surface area contributed by atoms with Gasteiger partial charge in [-0.1, -0.05) is 18.6 Å². The molecule has 1 fully saturated rings. The lowest BCUT2D eigenvalue weighted by Crippen LogP contribution is -2.31. The summed E-state index contributed by atoms with van der Waals surface area (Å²) in [5.74, 6) is 0.673. The van der Waals surface area contributed by atoms with Gasteiger partial charge in [-0.3, -0.25) is 4.68 Å². The Labute approximate surface area is 180 Å². The number of rotatable bonds is 7. The van der Waals surface area contributed by atoms with Gasteiger partial charge in [0.15, 0.2) is 5.82 Å². The Kier molecular flexibility index (Phi) is 6.49. The maximum Gasteiger partial charge on any atom is 0.158 e. The van der Waals surface area contributed by atoms with Crippen molar-refractivity contribution >= 4 is 27.7 Å². The summed E-state index contributed by atoms with van der Waals surface area (Å²) in [7, 11) is -1.15. The molecule has 160 valence electrons. The maximum absolute atomic E-state index is 13.3. The molecule has 1 aromatic heterocycles. The summed E-state index contributed by atoms with van der Waals surface area (Å²) in [5, 5.41) is 5.92. The van der Waals surface area contributed by atoms with Crippen molar-refractivity contribution in [3.63, 3.8) is 0 Å². The summed E-state index contributed by atoms with van der Waals surface area (Å²) in [6, 6.07) is 12.6. The van der Waals surface area contributed by atoms with Crippen LogP contribution in [0.1, 0.15) is 38.7 Å². The number of aromatic nitrogens is 2. The van der Waals surface area contributed by atoms with E-state index in [1.807, 2.05) is 22.9 Å². The maximum atomic E-state index is 13.3. The lowest BCUT2D eigenvalue weighted by atomic mass is 10.2. The Bertz CT molecular complexity index is 1020. The van der Waals surface area contributed by atoms with Crippen LogP contribution >= 0.6 is 0 Å². The Morgan fingerprint density at radius 1 is 1.03 bits per heavy atom. The quantitative estimate of drug-likeness (QED) is 0.553. The van der Waals surface area contributed by atoms with E-state index < -0.39 is 11.0 Å². The summed E-state index contributed by atoms with van der Waals surface area (Å²) < 4.78 is 30.5. The number of anilines is 1. The number of piperidine rings is 1. The highest BCUT2D eigenvalue weighted by Gasteiger charge is 2.21. The summed E-state index contributed by atoms with van der Waals surface area (Å²) in [6.45, 7) is 8.26. The lowest BCUT2D eigenvalue weighted by molar-refractivity contribution is 0.365. The number of hydrogen-bond donors (Lipinski definition) is 0. The fourth-order valence-corrected chi connectivity index (χ4v) is 5.36. The summed E-state index contributed by atoms with van der Waals surface area (Å²) in [4.78, 5) is 3.05. The second kappa shape index (κ2) is 9.27. The van der Waals surface area contributed by atoms with E-state index in [1.165, 1.54) is 18.6 Å². The van der Waals surface area contributed by atoms with E-state index in [-0.39, 0.29) is 5.82 Å². The number of fused-ring (bicyclic) bond motifs is 1. The van der Waals surface area contributed by atoms with Crippen molar-refractivity contribution in [1.29, 1.82) is 0 Å². The van der Waals surface area contributed by atoms with Gasteiger partial charge in [-0.15, -0.1) is 0 Å². The highest BCUT2D eigenvalue weighted by Crippen LogP contribution is 2.30. The van der Waals surface area contributed by atoms with Gasteiger partial charge in [0, 0.05) is 31.6 Å². The zero-order valence-electron chi connectivity index (χ0n) is 17.7. The predicted molar refractivity (Wildman–Crippen MR) is 121 cm³/mol. The Morgan fingerprint density at radius 2 is 1.73 bits per heavy atom. The van der Waals surface area contributed by atoms with Crippen LogP contribution in [0, 0.1) is 5.82 Å². The Morgan fingerprint density at radius 3 is 2.40 bits per heavy atom. The molecular weight excluding hydrogens is 399 g/mol. The van der Waals surface area contributed by atoms with E-state index >= 15 is 0 Å². The molecule has 5 nitrogen and oxygen atoms in total.